The van der Waals surface area contributed by atoms with E-state index in [1.54, 1.807) is 18.3 Å². The van der Waals surface area contributed by atoms with Crippen molar-refractivity contribution in [2.75, 3.05) is 0 Å². The molecule has 0 saturated heterocycles. The maximum absolute atomic E-state index is 11.9. The first-order valence-electron chi connectivity index (χ1n) is 9.54. The molecule has 2 amide bonds. The molecule has 0 spiro atoms. The van der Waals surface area contributed by atoms with E-state index in [-0.39, 0.29) is 6.54 Å². The van der Waals surface area contributed by atoms with Crippen molar-refractivity contribution in [2.45, 2.75) is 40.2 Å². The number of hydrogen-bond donors (Lipinski definition) is 2. The number of carbonyl (C=O) groups excluding carboxylic acids is 2. The lowest BCUT2D eigenvalue weighted by Crippen LogP contribution is -2.37. The van der Waals surface area contributed by atoms with Gasteiger partial charge in [0.1, 0.15) is 5.76 Å². The molecule has 0 bridgehead atoms. The van der Waals surface area contributed by atoms with Crippen molar-refractivity contribution in [3.05, 3.63) is 70.7 Å². The number of nitrogens with zero attached hydrogens (tertiary/aromatic N) is 1. The number of fused-ring (bicyclic) bond motifs is 1. The quantitative estimate of drug-likeness (QED) is 0.393. The van der Waals surface area contributed by atoms with Gasteiger partial charge in [-0.25, -0.2) is 5.43 Å². The molecule has 0 radical (unpaired) electrons. The molecular weight excluding hydrogens is 366 g/mol. The van der Waals surface area contributed by atoms with E-state index in [2.05, 4.69) is 61.7 Å². The first kappa shape index (κ1) is 20.3. The molecule has 1 heterocycles. The minimum absolute atomic E-state index is 0.142. The van der Waals surface area contributed by atoms with Crippen LogP contribution in [0.2, 0.25) is 0 Å². The van der Waals surface area contributed by atoms with Crippen LogP contribution in [0.25, 0.3) is 11.1 Å². The van der Waals surface area contributed by atoms with Gasteiger partial charge in [0.15, 0.2) is 0 Å². The average Bonchev–Trinajstić information content (AvgIpc) is 3.26. The molecule has 0 fully saturated rings. The fraction of sp³-hybridized carbons (Fsp3) is 0.261. The Morgan fingerprint density at radius 2 is 1.90 bits per heavy atom. The Kier molecular flexibility index (Phi) is 6.12. The van der Waals surface area contributed by atoms with E-state index in [1.807, 2.05) is 6.07 Å². The van der Waals surface area contributed by atoms with Crippen molar-refractivity contribution in [1.29, 1.82) is 0 Å². The number of amides is 2. The van der Waals surface area contributed by atoms with E-state index < -0.39 is 11.8 Å². The van der Waals surface area contributed by atoms with Gasteiger partial charge >= 0.3 is 11.8 Å². The number of aryl methyl sites for hydroxylation is 2. The van der Waals surface area contributed by atoms with Crippen LogP contribution in [0, 0.1) is 13.8 Å². The molecule has 2 N–H and O–H groups in total. The molecule has 3 rings (SSSR count). The van der Waals surface area contributed by atoms with Crippen LogP contribution in [0.1, 0.15) is 47.8 Å². The molecule has 0 saturated carbocycles. The molecule has 2 aliphatic rings. The Labute approximate surface area is 170 Å². The molecule has 0 atom stereocenters. The van der Waals surface area contributed by atoms with Gasteiger partial charge in [-0.05, 0) is 65.8 Å². The van der Waals surface area contributed by atoms with Gasteiger partial charge < -0.3 is 9.73 Å². The number of furan rings is 1. The van der Waals surface area contributed by atoms with Crippen molar-refractivity contribution < 1.29 is 14.0 Å². The number of hydrazone groups is 1. The van der Waals surface area contributed by atoms with Crippen LogP contribution in [-0.2, 0) is 16.1 Å². The summed E-state index contributed by atoms with van der Waals surface area (Å²) in [7, 11) is 0. The summed E-state index contributed by atoms with van der Waals surface area (Å²) in [5.74, 6) is -0.607. The van der Waals surface area contributed by atoms with Gasteiger partial charge in [-0.2, -0.15) is 5.10 Å². The molecule has 6 heteroatoms. The minimum Gasteiger partial charge on any atom is -0.467 e. The predicted molar refractivity (Wildman–Crippen MR) is 113 cm³/mol. The van der Waals surface area contributed by atoms with Gasteiger partial charge in [0.05, 0.1) is 19.0 Å². The summed E-state index contributed by atoms with van der Waals surface area (Å²) in [4.78, 5) is 23.8. The Morgan fingerprint density at radius 1 is 1.10 bits per heavy atom. The molecule has 1 aromatic rings. The third-order valence-electron chi connectivity index (χ3n) is 4.83. The lowest BCUT2D eigenvalue weighted by molar-refractivity contribution is -0.139. The van der Waals surface area contributed by atoms with E-state index in [0.717, 1.165) is 22.3 Å². The lowest BCUT2D eigenvalue weighted by Gasteiger charge is -2.04. The molecule has 150 valence electrons. The Morgan fingerprint density at radius 3 is 2.59 bits per heavy atom. The van der Waals surface area contributed by atoms with Crippen molar-refractivity contribution in [3.8, 4) is 11.1 Å². The van der Waals surface area contributed by atoms with Crippen LogP contribution >= 0.6 is 0 Å². The summed E-state index contributed by atoms with van der Waals surface area (Å²) in [6, 6.07) is 11.9. The van der Waals surface area contributed by atoms with Crippen LogP contribution in [0.15, 0.2) is 52.2 Å². The van der Waals surface area contributed by atoms with Gasteiger partial charge in [0.2, 0.25) is 0 Å². The van der Waals surface area contributed by atoms with Crippen molar-refractivity contribution in [3.63, 3.8) is 0 Å². The summed E-state index contributed by atoms with van der Waals surface area (Å²) in [6.07, 6.45) is 3.08. The third-order valence-corrected chi connectivity index (χ3v) is 4.83. The number of rotatable bonds is 5. The van der Waals surface area contributed by atoms with Gasteiger partial charge in [-0.3, -0.25) is 9.59 Å². The highest BCUT2D eigenvalue weighted by atomic mass is 16.3. The highest BCUT2D eigenvalue weighted by molar-refractivity contribution is 6.35. The number of carbonyl (C=O) groups is 2. The molecule has 6 nitrogen and oxygen atoms in total. The van der Waals surface area contributed by atoms with Crippen LogP contribution in [0.5, 0.6) is 0 Å². The Bertz CT molecular complexity index is 1020. The molecule has 1 aromatic heterocycles. The largest absolute Gasteiger partial charge is 0.467 e. The fourth-order valence-corrected chi connectivity index (χ4v) is 3.21. The van der Waals surface area contributed by atoms with Gasteiger partial charge in [-0.15, -0.1) is 0 Å². The molecule has 0 unspecified atom stereocenters. The van der Waals surface area contributed by atoms with E-state index in [4.69, 9.17) is 4.42 Å². The monoisotopic (exact) mass is 391 g/mol. The van der Waals surface area contributed by atoms with Gasteiger partial charge in [-0.1, -0.05) is 32.0 Å². The maximum atomic E-state index is 11.9. The molecule has 29 heavy (non-hydrogen) atoms. The number of hydrogen-bond acceptors (Lipinski definition) is 4. The molecule has 2 aliphatic carbocycles. The maximum Gasteiger partial charge on any atom is 0.329 e. The number of nitrogens with one attached hydrogen (secondary N) is 2. The Balaban J connectivity index is 1.71. The van der Waals surface area contributed by atoms with E-state index in [1.165, 1.54) is 17.4 Å². The zero-order valence-corrected chi connectivity index (χ0v) is 17.1. The molecule has 0 aromatic carbocycles. The molecular formula is C23H25N3O3. The zero-order valence-electron chi connectivity index (χ0n) is 17.1. The summed E-state index contributed by atoms with van der Waals surface area (Å²) >= 11 is 0. The van der Waals surface area contributed by atoms with Crippen LogP contribution in [-0.4, -0.2) is 18.0 Å². The highest BCUT2D eigenvalue weighted by Gasteiger charge is 2.16. The summed E-state index contributed by atoms with van der Waals surface area (Å²) in [6.45, 7) is 8.60. The third kappa shape index (κ3) is 4.71. The van der Waals surface area contributed by atoms with Crippen molar-refractivity contribution in [2.24, 2.45) is 5.10 Å². The van der Waals surface area contributed by atoms with Crippen molar-refractivity contribution in [1.82, 2.24) is 10.7 Å². The molecule has 0 aliphatic heterocycles. The average molecular weight is 391 g/mol. The smallest absolute Gasteiger partial charge is 0.329 e. The second-order valence-corrected chi connectivity index (χ2v) is 7.35. The van der Waals surface area contributed by atoms with E-state index in [0.29, 0.717) is 11.7 Å². The normalized spacial score (nSPS) is 11.3. The topological polar surface area (TPSA) is 83.7 Å². The predicted octanol–water partition coefficient (Wildman–Crippen LogP) is 3.89. The van der Waals surface area contributed by atoms with Crippen LogP contribution in [0.4, 0.5) is 0 Å². The van der Waals surface area contributed by atoms with E-state index >= 15 is 0 Å². The van der Waals surface area contributed by atoms with Gasteiger partial charge in [0.25, 0.3) is 0 Å². The lowest BCUT2D eigenvalue weighted by atomic mass is 10.0. The van der Waals surface area contributed by atoms with Crippen LogP contribution < -0.4 is 10.7 Å². The first-order valence-corrected chi connectivity index (χ1v) is 9.54. The second kappa shape index (κ2) is 8.73. The van der Waals surface area contributed by atoms with Gasteiger partial charge in [0, 0.05) is 5.56 Å². The Hall–Kier alpha value is -3.41. The second-order valence-electron chi connectivity index (χ2n) is 7.35. The minimum atomic E-state index is -0.829. The van der Waals surface area contributed by atoms with Crippen LogP contribution in [0.3, 0.4) is 0 Å². The summed E-state index contributed by atoms with van der Waals surface area (Å²) in [5, 5.41) is 6.46. The summed E-state index contributed by atoms with van der Waals surface area (Å²) in [5.41, 5.74) is 8.98. The zero-order chi connectivity index (χ0) is 21.0. The first-order chi connectivity index (χ1) is 13.9. The standard InChI is InChI=1S/C23H25N3O3/c1-14(2)17-8-7-15(3)21-18(10-16(4)20(21)11-17)12-25-26-23(28)22(27)24-13-19-6-5-9-29-19/h5-12,14H,13H2,1-4H3,(H,24,27)(H,26,28)/b25-12-. The van der Waals surface area contributed by atoms with E-state index in [9.17, 15) is 9.59 Å². The summed E-state index contributed by atoms with van der Waals surface area (Å²) < 4.78 is 5.11. The fourth-order valence-electron chi connectivity index (χ4n) is 3.21. The van der Waals surface area contributed by atoms with Crippen molar-refractivity contribution >= 4 is 18.0 Å². The highest BCUT2D eigenvalue weighted by Crippen LogP contribution is 2.35. The SMILES string of the molecule is Cc1cc(/C=N\NC(=O)C(=O)NCc2ccco2)c2c(C)ccc(C(C)C)cc1-2.